The lowest BCUT2D eigenvalue weighted by molar-refractivity contribution is -0.117. The van der Waals surface area contributed by atoms with E-state index < -0.39 is 11.7 Å². The topological polar surface area (TPSA) is 98.9 Å². The molecule has 8 heteroatoms. The number of anilines is 1. The van der Waals surface area contributed by atoms with Crippen LogP contribution in [0.15, 0.2) is 30.6 Å². The number of rotatable bonds is 5. The van der Waals surface area contributed by atoms with Crippen molar-refractivity contribution in [2.45, 2.75) is 78.2 Å². The zero-order valence-corrected chi connectivity index (χ0v) is 19.0. The normalized spacial score (nSPS) is 18.8. The fraction of sp³-hybridized carbons (Fsp3) is 0.522. The molecule has 1 aliphatic rings. The number of nitrogens with zero attached hydrogens (tertiary/aromatic N) is 4. The highest BCUT2D eigenvalue weighted by Crippen LogP contribution is 2.43. The van der Waals surface area contributed by atoms with Gasteiger partial charge in [-0.2, -0.15) is 5.10 Å². The lowest BCUT2D eigenvalue weighted by Crippen LogP contribution is -2.48. The molecule has 31 heavy (non-hydrogen) atoms. The van der Waals surface area contributed by atoms with Crippen LogP contribution in [0.1, 0.15) is 59.6 Å². The van der Waals surface area contributed by atoms with Crippen molar-refractivity contribution in [3.63, 3.8) is 0 Å². The van der Waals surface area contributed by atoms with Gasteiger partial charge in [0.25, 0.3) is 0 Å². The highest BCUT2D eigenvalue weighted by atomic mass is 16.4. The van der Waals surface area contributed by atoms with E-state index in [1.807, 2.05) is 45.2 Å². The monoisotopic (exact) mass is 428 g/mol. The molecule has 0 unspecified atom stereocenters. The zero-order valence-electron chi connectivity index (χ0n) is 19.0. The first-order valence-corrected chi connectivity index (χ1v) is 10.6. The maximum absolute atomic E-state index is 12.4. The van der Waals surface area contributed by atoms with Gasteiger partial charge in [0.1, 0.15) is 0 Å². The average molecular weight is 429 g/mol. The quantitative estimate of drug-likeness (QED) is 0.753. The SMILES string of the molecule is CC(=O)N1c2ccc(-c3cnn(CC(C)(C)O)c3)cc2[C@H](N(C(=O)O)C(C)C)C[C@@H]1C. The third-order valence-corrected chi connectivity index (χ3v) is 5.62. The minimum absolute atomic E-state index is 0.0654. The molecule has 1 aromatic carbocycles. The van der Waals surface area contributed by atoms with E-state index >= 15 is 0 Å². The highest BCUT2D eigenvalue weighted by molar-refractivity contribution is 5.94. The summed E-state index contributed by atoms with van der Waals surface area (Å²) in [6, 6.07) is 5.11. The summed E-state index contributed by atoms with van der Waals surface area (Å²) in [7, 11) is 0. The van der Waals surface area contributed by atoms with Crippen LogP contribution < -0.4 is 4.90 Å². The van der Waals surface area contributed by atoms with E-state index in [0.29, 0.717) is 13.0 Å². The van der Waals surface area contributed by atoms with E-state index in [9.17, 15) is 19.8 Å². The molecule has 2 N–H and O–H groups in total. The number of amides is 2. The summed E-state index contributed by atoms with van der Waals surface area (Å²) in [5.74, 6) is -0.0654. The van der Waals surface area contributed by atoms with Crippen LogP contribution in [0, 0.1) is 0 Å². The Balaban J connectivity index is 2.09. The molecule has 1 aliphatic heterocycles. The van der Waals surface area contributed by atoms with Gasteiger partial charge >= 0.3 is 6.09 Å². The number of benzene rings is 1. The molecular formula is C23H32N4O4. The summed E-state index contributed by atoms with van der Waals surface area (Å²) in [6.07, 6.45) is 3.14. The van der Waals surface area contributed by atoms with Crippen LogP contribution in [0.2, 0.25) is 0 Å². The van der Waals surface area contributed by atoms with Gasteiger partial charge in [0.15, 0.2) is 0 Å². The fourth-order valence-electron chi connectivity index (χ4n) is 4.47. The molecule has 0 spiro atoms. The summed E-state index contributed by atoms with van der Waals surface area (Å²) in [6.45, 7) is 11.0. The van der Waals surface area contributed by atoms with Crippen molar-refractivity contribution in [2.75, 3.05) is 4.90 Å². The van der Waals surface area contributed by atoms with Crippen LogP contribution in [0.25, 0.3) is 11.1 Å². The second-order valence-corrected chi connectivity index (χ2v) is 9.29. The van der Waals surface area contributed by atoms with Crippen molar-refractivity contribution < 1.29 is 19.8 Å². The van der Waals surface area contributed by atoms with Crippen LogP contribution in [0.5, 0.6) is 0 Å². The second kappa shape index (κ2) is 8.34. The van der Waals surface area contributed by atoms with E-state index in [0.717, 1.165) is 22.4 Å². The third-order valence-electron chi connectivity index (χ3n) is 5.62. The minimum Gasteiger partial charge on any atom is -0.465 e. The van der Waals surface area contributed by atoms with Crippen LogP contribution in [0.3, 0.4) is 0 Å². The van der Waals surface area contributed by atoms with Crippen LogP contribution in [0.4, 0.5) is 10.5 Å². The standard InChI is InChI=1S/C23H32N4O4/c1-14(2)26(22(29)30)21-9-15(3)27(16(4)28)20-8-7-17(10-19(20)21)18-11-24-25(12-18)13-23(5,6)31/h7-8,10-12,14-15,21,31H,9,13H2,1-6H3,(H,29,30)/t15-,21+/m0/s1. The molecule has 2 amide bonds. The molecule has 0 saturated carbocycles. The number of aromatic nitrogens is 2. The Labute approximate surface area is 183 Å². The van der Waals surface area contributed by atoms with Crippen molar-refractivity contribution in [1.82, 2.24) is 14.7 Å². The number of aliphatic hydroxyl groups is 1. The molecule has 168 valence electrons. The summed E-state index contributed by atoms with van der Waals surface area (Å²) in [4.78, 5) is 27.6. The molecule has 0 bridgehead atoms. The van der Waals surface area contributed by atoms with Crippen LogP contribution in [-0.4, -0.2) is 54.6 Å². The van der Waals surface area contributed by atoms with Crippen molar-refractivity contribution in [1.29, 1.82) is 0 Å². The number of carbonyl (C=O) groups is 2. The highest BCUT2D eigenvalue weighted by Gasteiger charge is 2.38. The summed E-state index contributed by atoms with van der Waals surface area (Å²) in [5.41, 5.74) is 2.43. The zero-order chi connectivity index (χ0) is 23.1. The first-order chi connectivity index (χ1) is 14.4. The van der Waals surface area contributed by atoms with Crippen molar-refractivity contribution in [2.24, 2.45) is 0 Å². The first kappa shape index (κ1) is 22.8. The molecule has 2 aromatic rings. The van der Waals surface area contributed by atoms with Gasteiger partial charge in [-0.25, -0.2) is 4.79 Å². The third kappa shape index (κ3) is 4.74. The van der Waals surface area contributed by atoms with Gasteiger partial charge in [-0.15, -0.1) is 0 Å². The molecule has 8 nitrogen and oxygen atoms in total. The van der Waals surface area contributed by atoms with Crippen LogP contribution in [-0.2, 0) is 11.3 Å². The van der Waals surface area contributed by atoms with Crippen molar-refractivity contribution >= 4 is 17.7 Å². The van der Waals surface area contributed by atoms with Crippen molar-refractivity contribution in [3.8, 4) is 11.1 Å². The van der Waals surface area contributed by atoms with Gasteiger partial charge in [0, 0.05) is 36.5 Å². The number of hydrogen-bond donors (Lipinski definition) is 2. The molecule has 0 saturated heterocycles. The van der Waals surface area contributed by atoms with Gasteiger partial charge in [0.05, 0.1) is 24.4 Å². The Hall–Kier alpha value is -2.87. The molecule has 2 atom stereocenters. The Kier molecular flexibility index (Phi) is 6.14. The Morgan fingerprint density at radius 3 is 2.52 bits per heavy atom. The van der Waals surface area contributed by atoms with Gasteiger partial charge in [0.2, 0.25) is 5.91 Å². The number of fused-ring (bicyclic) bond motifs is 1. The van der Waals surface area contributed by atoms with Gasteiger partial charge in [-0.05, 0) is 64.3 Å². The largest absolute Gasteiger partial charge is 0.465 e. The average Bonchev–Trinajstić information content (AvgIpc) is 3.07. The van der Waals surface area contributed by atoms with E-state index in [2.05, 4.69) is 5.10 Å². The maximum Gasteiger partial charge on any atom is 0.408 e. The number of carboxylic acid groups (broad SMARTS) is 1. The Morgan fingerprint density at radius 1 is 1.29 bits per heavy atom. The molecule has 3 rings (SSSR count). The van der Waals surface area contributed by atoms with Gasteiger partial charge < -0.3 is 15.1 Å². The smallest absolute Gasteiger partial charge is 0.408 e. The Bertz CT molecular complexity index is 976. The summed E-state index contributed by atoms with van der Waals surface area (Å²) < 4.78 is 1.69. The first-order valence-electron chi connectivity index (χ1n) is 10.6. The predicted molar refractivity (Wildman–Crippen MR) is 119 cm³/mol. The molecule has 2 heterocycles. The molecule has 1 aromatic heterocycles. The van der Waals surface area contributed by atoms with E-state index in [-0.39, 0.29) is 24.0 Å². The molecule has 0 radical (unpaired) electrons. The number of carbonyl (C=O) groups excluding carboxylic acids is 1. The molecular weight excluding hydrogens is 396 g/mol. The lowest BCUT2D eigenvalue weighted by Gasteiger charge is -2.43. The second-order valence-electron chi connectivity index (χ2n) is 9.29. The maximum atomic E-state index is 12.4. The minimum atomic E-state index is -0.974. The van der Waals surface area contributed by atoms with E-state index in [4.69, 9.17) is 0 Å². The van der Waals surface area contributed by atoms with Crippen molar-refractivity contribution in [3.05, 3.63) is 36.2 Å². The summed E-state index contributed by atoms with van der Waals surface area (Å²) >= 11 is 0. The predicted octanol–water partition coefficient (Wildman–Crippen LogP) is 3.90. The Morgan fingerprint density at radius 2 is 1.97 bits per heavy atom. The number of hydrogen-bond acceptors (Lipinski definition) is 4. The van der Waals surface area contributed by atoms with Gasteiger partial charge in [-0.1, -0.05) is 6.07 Å². The lowest BCUT2D eigenvalue weighted by atomic mass is 9.88. The molecule has 0 fully saturated rings. The van der Waals surface area contributed by atoms with Crippen LogP contribution >= 0.6 is 0 Å². The van der Waals surface area contributed by atoms with Gasteiger partial charge in [-0.3, -0.25) is 14.4 Å². The molecule has 0 aliphatic carbocycles. The summed E-state index contributed by atoms with van der Waals surface area (Å²) in [5, 5.41) is 24.3. The van der Waals surface area contributed by atoms with E-state index in [1.54, 1.807) is 29.6 Å². The van der Waals surface area contributed by atoms with E-state index in [1.165, 1.54) is 11.8 Å². The fourth-order valence-corrected chi connectivity index (χ4v) is 4.47.